The molecule has 0 bridgehead atoms. The summed E-state index contributed by atoms with van der Waals surface area (Å²) in [5.74, 6) is 0.337. The lowest BCUT2D eigenvalue weighted by atomic mass is 9.82. The van der Waals surface area contributed by atoms with Crippen molar-refractivity contribution in [3.05, 3.63) is 0 Å². The third-order valence-electron chi connectivity index (χ3n) is 4.64. The highest BCUT2D eigenvalue weighted by atomic mass is 16.1. The maximum absolute atomic E-state index is 11.7. The molecule has 1 aliphatic heterocycles. The molecule has 1 heterocycles. The highest BCUT2D eigenvalue weighted by Crippen LogP contribution is 2.31. The van der Waals surface area contributed by atoms with Crippen LogP contribution in [0.3, 0.4) is 0 Å². The second-order valence-electron chi connectivity index (χ2n) is 6.52. The molecule has 1 rings (SSSR count). The van der Waals surface area contributed by atoms with E-state index in [0.29, 0.717) is 0 Å². The summed E-state index contributed by atoms with van der Waals surface area (Å²) in [5, 5.41) is 0. The molecule has 0 spiro atoms. The van der Waals surface area contributed by atoms with Crippen LogP contribution in [0, 0.1) is 5.92 Å². The summed E-state index contributed by atoms with van der Waals surface area (Å²) in [6, 6.07) is 0. The SMILES string of the molecule is CCCCCCC1=NC(CCCCCC)(C(C)C(N)=O)C=N1. The van der Waals surface area contributed by atoms with E-state index >= 15 is 0 Å². The lowest BCUT2D eigenvalue weighted by Crippen LogP contribution is -2.42. The summed E-state index contributed by atoms with van der Waals surface area (Å²) in [4.78, 5) is 21.0. The minimum atomic E-state index is -0.486. The van der Waals surface area contributed by atoms with Gasteiger partial charge in [-0.1, -0.05) is 65.7 Å². The Morgan fingerprint density at radius 3 is 2.36 bits per heavy atom. The fourth-order valence-electron chi connectivity index (χ4n) is 2.94. The van der Waals surface area contributed by atoms with Crippen molar-refractivity contribution in [1.82, 2.24) is 0 Å². The van der Waals surface area contributed by atoms with Crippen LogP contribution in [0.25, 0.3) is 0 Å². The minimum Gasteiger partial charge on any atom is -0.369 e. The van der Waals surface area contributed by atoms with E-state index in [0.717, 1.165) is 31.5 Å². The summed E-state index contributed by atoms with van der Waals surface area (Å²) in [7, 11) is 0. The summed E-state index contributed by atoms with van der Waals surface area (Å²) in [5.41, 5.74) is 5.06. The van der Waals surface area contributed by atoms with Gasteiger partial charge in [-0.05, 0) is 12.8 Å². The predicted molar refractivity (Wildman–Crippen MR) is 94.5 cm³/mol. The molecule has 0 fully saturated rings. The number of rotatable bonds is 12. The second kappa shape index (κ2) is 9.75. The average Bonchev–Trinajstić information content (AvgIpc) is 2.92. The molecule has 2 atom stereocenters. The molecular formula is C18H33N3O. The van der Waals surface area contributed by atoms with Crippen LogP contribution in [0.4, 0.5) is 0 Å². The van der Waals surface area contributed by atoms with Gasteiger partial charge in [0, 0.05) is 12.6 Å². The Morgan fingerprint density at radius 1 is 1.14 bits per heavy atom. The first-order chi connectivity index (χ1) is 10.6. The molecule has 0 aromatic rings. The van der Waals surface area contributed by atoms with Gasteiger partial charge in [0.2, 0.25) is 5.91 Å². The van der Waals surface area contributed by atoms with Crippen molar-refractivity contribution in [3.8, 4) is 0 Å². The topological polar surface area (TPSA) is 67.8 Å². The Kier molecular flexibility index (Phi) is 8.36. The van der Waals surface area contributed by atoms with Crippen molar-refractivity contribution in [3.63, 3.8) is 0 Å². The fourth-order valence-corrected chi connectivity index (χ4v) is 2.94. The van der Waals surface area contributed by atoms with Crippen molar-refractivity contribution >= 4 is 18.0 Å². The predicted octanol–water partition coefficient (Wildman–Crippen LogP) is 4.27. The number of carbonyl (C=O) groups excluding carboxylic acids is 1. The fraction of sp³-hybridized carbons (Fsp3) is 0.833. The molecule has 0 aliphatic carbocycles. The van der Waals surface area contributed by atoms with Gasteiger partial charge < -0.3 is 5.73 Å². The number of primary amides is 1. The number of aliphatic imine (C=N–C) groups is 2. The van der Waals surface area contributed by atoms with Gasteiger partial charge in [0.1, 0.15) is 11.4 Å². The molecule has 126 valence electrons. The summed E-state index contributed by atoms with van der Waals surface area (Å²) in [6.45, 7) is 6.30. The zero-order valence-electron chi connectivity index (χ0n) is 14.6. The number of amides is 1. The highest BCUT2D eigenvalue weighted by molar-refractivity contribution is 6.00. The average molecular weight is 307 g/mol. The largest absolute Gasteiger partial charge is 0.369 e. The third-order valence-corrected chi connectivity index (χ3v) is 4.64. The smallest absolute Gasteiger partial charge is 0.223 e. The zero-order chi connectivity index (χ0) is 16.4. The summed E-state index contributed by atoms with van der Waals surface area (Å²) < 4.78 is 0. The maximum Gasteiger partial charge on any atom is 0.223 e. The molecular weight excluding hydrogens is 274 g/mol. The monoisotopic (exact) mass is 307 g/mol. The van der Waals surface area contributed by atoms with Crippen molar-refractivity contribution in [2.75, 3.05) is 0 Å². The Balaban J connectivity index is 2.65. The van der Waals surface area contributed by atoms with Crippen LogP contribution in [0.15, 0.2) is 9.98 Å². The molecule has 4 heteroatoms. The molecule has 0 radical (unpaired) electrons. The quantitative estimate of drug-likeness (QED) is 0.537. The van der Waals surface area contributed by atoms with E-state index in [4.69, 9.17) is 10.7 Å². The molecule has 4 nitrogen and oxygen atoms in total. The molecule has 1 amide bonds. The van der Waals surface area contributed by atoms with Crippen LogP contribution in [0.5, 0.6) is 0 Å². The van der Waals surface area contributed by atoms with Gasteiger partial charge in [-0.15, -0.1) is 0 Å². The van der Waals surface area contributed by atoms with E-state index in [-0.39, 0.29) is 11.8 Å². The van der Waals surface area contributed by atoms with Gasteiger partial charge in [0.15, 0.2) is 0 Å². The van der Waals surface area contributed by atoms with Crippen molar-refractivity contribution in [2.24, 2.45) is 21.6 Å². The van der Waals surface area contributed by atoms with Crippen LogP contribution in [-0.4, -0.2) is 23.5 Å². The Labute approximate surface area is 135 Å². The molecule has 0 aromatic carbocycles. The number of nitrogens with two attached hydrogens (primary N) is 1. The van der Waals surface area contributed by atoms with Crippen molar-refractivity contribution in [2.45, 2.75) is 90.5 Å². The van der Waals surface area contributed by atoms with Crippen LogP contribution in [0.1, 0.15) is 85.0 Å². The molecule has 2 unspecified atom stereocenters. The van der Waals surface area contributed by atoms with E-state index in [1.807, 2.05) is 13.1 Å². The van der Waals surface area contributed by atoms with E-state index in [1.165, 1.54) is 38.5 Å². The number of carbonyl (C=O) groups is 1. The van der Waals surface area contributed by atoms with Crippen LogP contribution >= 0.6 is 0 Å². The maximum atomic E-state index is 11.7. The Bertz CT molecular complexity index is 403. The van der Waals surface area contributed by atoms with E-state index in [2.05, 4.69) is 18.8 Å². The number of amidine groups is 1. The standard InChI is InChI=1S/C18H33N3O/c1-4-6-8-10-12-16-20-14-18(21-16,15(3)17(19)22)13-11-9-7-5-2/h14-15H,4-13H2,1-3H3,(H2,19,22). The van der Waals surface area contributed by atoms with E-state index in [1.54, 1.807) is 0 Å². The van der Waals surface area contributed by atoms with Gasteiger partial charge in [-0.3, -0.25) is 9.79 Å². The minimum absolute atomic E-state index is 0.280. The normalized spacial score (nSPS) is 21.9. The first kappa shape index (κ1) is 18.9. The van der Waals surface area contributed by atoms with Gasteiger partial charge >= 0.3 is 0 Å². The van der Waals surface area contributed by atoms with Crippen LogP contribution in [0.2, 0.25) is 0 Å². The highest BCUT2D eigenvalue weighted by Gasteiger charge is 2.40. The van der Waals surface area contributed by atoms with E-state index in [9.17, 15) is 4.79 Å². The number of hydrogen-bond donors (Lipinski definition) is 1. The molecule has 1 aliphatic rings. The number of hydrogen-bond acceptors (Lipinski definition) is 3. The van der Waals surface area contributed by atoms with E-state index < -0.39 is 5.54 Å². The molecule has 0 saturated carbocycles. The van der Waals surface area contributed by atoms with Crippen LogP contribution < -0.4 is 5.73 Å². The third kappa shape index (κ3) is 5.54. The molecule has 22 heavy (non-hydrogen) atoms. The van der Waals surface area contributed by atoms with Gasteiger partial charge in [0.05, 0.1) is 5.92 Å². The van der Waals surface area contributed by atoms with Crippen molar-refractivity contribution < 1.29 is 4.79 Å². The second-order valence-corrected chi connectivity index (χ2v) is 6.52. The lowest BCUT2D eigenvalue weighted by Gasteiger charge is -2.28. The first-order valence-electron chi connectivity index (χ1n) is 8.99. The molecule has 0 aromatic heterocycles. The van der Waals surface area contributed by atoms with Gasteiger partial charge in [0.25, 0.3) is 0 Å². The number of unbranched alkanes of at least 4 members (excludes halogenated alkanes) is 6. The number of nitrogens with zero attached hydrogens (tertiary/aromatic N) is 2. The Morgan fingerprint density at radius 2 is 1.77 bits per heavy atom. The first-order valence-corrected chi connectivity index (χ1v) is 8.99. The lowest BCUT2D eigenvalue weighted by molar-refractivity contribution is -0.122. The Hall–Kier alpha value is -1.19. The van der Waals surface area contributed by atoms with Gasteiger partial charge in [-0.25, -0.2) is 4.99 Å². The molecule has 2 N–H and O–H groups in total. The summed E-state index contributed by atoms with van der Waals surface area (Å²) in [6.07, 6.45) is 13.2. The summed E-state index contributed by atoms with van der Waals surface area (Å²) >= 11 is 0. The van der Waals surface area contributed by atoms with Crippen LogP contribution in [-0.2, 0) is 4.79 Å². The van der Waals surface area contributed by atoms with Gasteiger partial charge in [-0.2, -0.15) is 0 Å². The molecule has 0 saturated heterocycles. The van der Waals surface area contributed by atoms with Crippen molar-refractivity contribution in [1.29, 1.82) is 0 Å². The zero-order valence-corrected chi connectivity index (χ0v) is 14.6.